The Hall–Kier alpha value is -2.42. The number of hydrogen-bond acceptors (Lipinski definition) is 5. The molecule has 0 unspecified atom stereocenters. The molecule has 3 aromatic rings. The fourth-order valence-electron chi connectivity index (χ4n) is 3.55. The molecule has 0 aliphatic carbocycles. The molecule has 1 saturated heterocycles. The average Bonchev–Trinajstić information content (AvgIpc) is 3.13. The summed E-state index contributed by atoms with van der Waals surface area (Å²) in [5, 5.41) is 0.389. The molecule has 2 aromatic carbocycles. The first-order valence-corrected chi connectivity index (χ1v) is 10.7. The number of aryl methyl sites for hydroxylation is 1. The van der Waals surface area contributed by atoms with Crippen LogP contribution in [0.4, 0.5) is 13.9 Å². The van der Waals surface area contributed by atoms with Crippen molar-refractivity contribution in [2.24, 2.45) is 0 Å². The van der Waals surface area contributed by atoms with Crippen molar-refractivity contribution in [2.75, 3.05) is 44.3 Å². The molecule has 2 heterocycles. The number of thiazole rings is 1. The van der Waals surface area contributed by atoms with Crippen molar-refractivity contribution >= 4 is 32.6 Å². The van der Waals surface area contributed by atoms with Crippen molar-refractivity contribution in [1.29, 1.82) is 0 Å². The zero-order valence-corrected chi connectivity index (χ0v) is 17.6. The second-order valence-electron chi connectivity index (χ2n) is 7.40. The Balaban J connectivity index is 1.60. The van der Waals surface area contributed by atoms with Crippen LogP contribution in [0, 0.1) is 18.6 Å². The van der Waals surface area contributed by atoms with Gasteiger partial charge in [-0.05, 0) is 18.6 Å². The second-order valence-corrected chi connectivity index (χ2v) is 8.41. The summed E-state index contributed by atoms with van der Waals surface area (Å²) in [5.74, 6) is -1.48. The van der Waals surface area contributed by atoms with E-state index in [2.05, 4.69) is 9.88 Å². The zero-order valence-electron chi connectivity index (χ0n) is 16.7. The maximum Gasteiger partial charge on any atom is 0.233 e. The SMILES string of the molecule is Cc1cccc(CC(=O)N(CCN2CCOCC2)c2nc3c(F)cc(F)cc3s2)c1. The van der Waals surface area contributed by atoms with Crippen LogP contribution < -0.4 is 4.90 Å². The predicted octanol–water partition coefficient (Wildman–Crippen LogP) is 3.79. The van der Waals surface area contributed by atoms with E-state index in [1.165, 1.54) is 6.07 Å². The normalized spacial score (nSPS) is 14.9. The van der Waals surface area contributed by atoms with Gasteiger partial charge in [-0.15, -0.1) is 0 Å². The molecule has 8 heteroatoms. The van der Waals surface area contributed by atoms with E-state index in [-0.39, 0.29) is 17.8 Å². The predicted molar refractivity (Wildman–Crippen MR) is 114 cm³/mol. The molecule has 1 amide bonds. The van der Waals surface area contributed by atoms with Crippen molar-refractivity contribution in [3.05, 3.63) is 59.2 Å². The van der Waals surface area contributed by atoms with E-state index >= 15 is 0 Å². The third kappa shape index (κ3) is 4.83. The van der Waals surface area contributed by atoms with Gasteiger partial charge in [-0.25, -0.2) is 13.8 Å². The van der Waals surface area contributed by atoms with Crippen LogP contribution in [0.3, 0.4) is 0 Å². The monoisotopic (exact) mass is 431 g/mol. The number of anilines is 1. The van der Waals surface area contributed by atoms with E-state index in [4.69, 9.17) is 4.74 Å². The molecular formula is C22H23F2N3O2S. The van der Waals surface area contributed by atoms with Gasteiger partial charge < -0.3 is 4.74 Å². The molecule has 4 rings (SSSR count). The van der Waals surface area contributed by atoms with Gasteiger partial charge in [-0.3, -0.25) is 14.6 Å². The van der Waals surface area contributed by atoms with E-state index < -0.39 is 11.6 Å². The number of carbonyl (C=O) groups excluding carboxylic acids is 1. The highest BCUT2D eigenvalue weighted by atomic mass is 32.1. The Labute approximate surface area is 177 Å². The largest absolute Gasteiger partial charge is 0.379 e. The summed E-state index contributed by atoms with van der Waals surface area (Å²) in [6.45, 7) is 6.02. The number of fused-ring (bicyclic) bond motifs is 1. The van der Waals surface area contributed by atoms with Crippen LogP contribution in [0.25, 0.3) is 10.2 Å². The third-order valence-electron chi connectivity index (χ3n) is 5.12. The first kappa shape index (κ1) is 20.8. The van der Waals surface area contributed by atoms with Crippen LogP contribution >= 0.6 is 11.3 Å². The molecule has 158 valence electrons. The van der Waals surface area contributed by atoms with Crippen molar-refractivity contribution in [1.82, 2.24) is 9.88 Å². The maximum absolute atomic E-state index is 14.2. The topological polar surface area (TPSA) is 45.7 Å². The molecule has 0 saturated carbocycles. The summed E-state index contributed by atoms with van der Waals surface area (Å²) in [6, 6.07) is 9.87. The number of carbonyl (C=O) groups is 1. The number of halogens is 2. The first-order chi connectivity index (χ1) is 14.5. The number of hydrogen-bond donors (Lipinski definition) is 0. The molecule has 30 heavy (non-hydrogen) atoms. The number of ether oxygens (including phenoxy) is 1. The van der Waals surface area contributed by atoms with Gasteiger partial charge in [0, 0.05) is 32.2 Å². The van der Waals surface area contributed by atoms with Gasteiger partial charge in [0.25, 0.3) is 0 Å². The lowest BCUT2D eigenvalue weighted by molar-refractivity contribution is -0.118. The Bertz CT molecular complexity index is 1050. The highest BCUT2D eigenvalue weighted by Gasteiger charge is 2.23. The van der Waals surface area contributed by atoms with Crippen LogP contribution in [0.5, 0.6) is 0 Å². The number of nitrogens with zero attached hydrogens (tertiary/aromatic N) is 3. The molecule has 1 fully saturated rings. The lowest BCUT2D eigenvalue weighted by Gasteiger charge is -2.29. The van der Waals surface area contributed by atoms with Crippen molar-refractivity contribution in [3.8, 4) is 0 Å². The Morgan fingerprint density at radius 2 is 2.03 bits per heavy atom. The second kappa shape index (κ2) is 9.16. The van der Waals surface area contributed by atoms with Gasteiger partial charge in [-0.1, -0.05) is 41.2 Å². The highest BCUT2D eigenvalue weighted by molar-refractivity contribution is 7.22. The van der Waals surface area contributed by atoms with Crippen LogP contribution in [0.1, 0.15) is 11.1 Å². The van der Waals surface area contributed by atoms with E-state index in [0.29, 0.717) is 36.1 Å². The number of morpholine rings is 1. The van der Waals surface area contributed by atoms with Gasteiger partial charge in [0.05, 0.1) is 24.3 Å². The third-order valence-corrected chi connectivity index (χ3v) is 6.14. The summed E-state index contributed by atoms with van der Waals surface area (Å²) in [5.41, 5.74) is 2.09. The maximum atomic E-state index is 14.2. The minimum atomic E-state index is -0.716. The van der Waals surface area contributed by atoms with E-state index in [9.17, 15) is 13.6 Å². The Morgan fingerprint density at radius 3 is 2.80 bits per heavy atom. The molecule has 1 aliphatic rings. The van der Waals surface area contributed by atoms with Gasteiger partial charge >= 0.3 is 0 Å². The fraction of sp³-hybridized carbons (Fsp3) is 0.364. The molecule has 5 nitrogen and oxygen atoms in total. The summed E-state index contributed by atoms with van der Waals surface area (Å²) in [6.07, 6.45) is 0.220. The summed E-state index contributed by atoms with van der Waals surface area (Å²) in [7, 11) is 0. The number of amides is 1. The number of benzene rings is 2. The van der Waals surface area contributed by atoms with Crippen LogP contribution in [-0.4, -0.2) is 55.2 Å². The minimum Gasteiger partial charge on any atom is -0.379 e. The lowest BCUT2D eigenvalue weighted by Crippen LogP contribution is -2.43. The van der Waals surface area contributed by atoms with Gasteiger partial charge in [0.1, 0.15) is 11.3 Å². The van der Waals surface area contributed by atoms with Crippen LogP contribution in [0.2, 0.25) is 0 Å². The molecule has 0 spiro atoms. The summed E-state index contributed by atoms with van der Waals surface area (Å²) < 4.78 is 33.6. The zero-order chi connectivity index (χ0) is 21.1. The molecule has 0 radical (unpaired) electrons. The lowest BCUT2D eigenvalue weighted by atomic mass is 10.1. The van der Waals surface area contributed by atoms with Gasteiger partial charge in [0.15, 0.2) is 10.9 Å². The van der Waals surface area contributed by atoms with Crippen molar-refractivity contribution in [3.63, 3.8) is 0 Å². The Kier molecular flexibility index (Phi) is 6.36. The standard InChI is InChI=1S/C22H23F2N3O2S/c1-15-3-2-4-16(11-15)12-20(28)27(6-5-26-7-9-29-10-8-26)22-25-21-18(24)13-17(23)14-19(21)30-22/h2-4,11,13-14H,5-10,12H2,1H3. The minimum absolute atomic E-state index is 0.0936. The number of aromatic nitrogens is 1. The molecule has 0 atom stereocenters. The van der Waals surface area contributed by atoms with Gasteiger partial charge in [-0.2, -0.15) is 0 Å². The van der Waals surface area contributed by atoms with Crippen molar-refractivity contribution in [2.45, 2.75) is 13.3 Å². The van der Waals surface area contributed by atoms with E-state index in [1.54, 1.807) is 4.90 Å². The molecule has 1 aromatic heterocycles. The quantitative estimate of drug-likeness (QED) is 0.596. The summed E-state index contributed by atoms with van der Waals surface area (Å²) in [4.78, 5) is 21.4. The Morgan fingerprint density at radius 1 is 1.23 bits per heavy atom. The van der Waals surface area contributed by atoms with E-state index in [1.807, 2.05) is 31.2 Å². The molecular weight excluding hydrogens is 408 g/mol. The average molecular weight is 432 g/mol. The van der Waals surface area contributed by atoms with Crippen LogP contribution in [-0.2, 0) is 16.0 Å². The van der Waals surface area contributed by atoms with Crippen LogP contribution in [0.15, 0.2) is 36.4 Å². The smallest absolute Gasteiger partial charge is 0.233 e. The molecule has 0 N–H and O–H groups in total. The molecule has 0 bridgehead atoms. The number of rotatable bonds is 6. The van der Waals surface area contributed by atoms with E-state index in [0.717, 1.165) is 41.6 Å². The van der Waals surface area contributed by atoms with Crippen molar-refractivity contribution < 1.29 is 18.3 Å². The fourth-order valence-corrected chi connectivity index (χ4v) is 4.59. The highest BCUT2D eigenvalue weighted by Crippen LogP contribution is 2.31. The first-order valence-electron chi connectivity index (χ1n) is 9.91. The van der Waals surface area contributed by atoms with Gasteiger partial charge in [0.2, 0.25) is 5.91 Å². The molecule has 1 aliphatic heterocycles. The summed E-state index contributed by atoms with van der Waals surface area (Å²) >= 11 is 1.13.